The Morgan fingerprint density at radius 2 is 2.39 bits per heavy atom. The van der Waals surface area contributed by atoms with Crippen molar-refractivity contribution in [3.05, 3.63) is 35.6 Å². The Balaban J connectivity index is 2.09. The molecule has 2 unspecified atom stereocenters. The maximum atomic E-state index is 13.1. The smallest absolute Gasteiger partial charge is 0.320 e. The highest BCUT2D eigenvalue weighted by molar-refractivity contribution is 5.72. The van der Waals surface area contributed by atoms with Crippen molar-refractivity contribution in [2.24, 2.45) is 0 Å². The Morgan fingerprint density at radius 3 is 3.06 bits per heavy atom. The number of rotatable bonds is 3. The highest BCUT2D eigenvalue weighted by atomic mass is 19.1. The van der Waals surface area contributed by atoms with Crippen molar-refractivity contribution < 1.29 is 19.0 Å². The first-order chi connectivity index (χ1) is 8.58. The second-order valence-corrected chi connectivity index (χ2v) is 4.42. The summed E-state index contributed by atoms with van der Waals surface area (Å²) in [6.07, 6.45) is -0.267. The van der Waals surface area contributed by atoms with Gasteiger partial charge in [0.2, 0.25) is 0 Å². The minimum absolute atomic E-state index is 0.267. The van der Waals surface area contributed by atoms with Gasteiger partial charge in [-0.1, -0.05) is 12.1 Å². The fraction of sp³-hybridized carbons (Fsp3) is 0.462. The van der Waals surface area contributed by atoms with Gasteiger partial charge in [0.15, 0.2) is 0 Å². The first kappa shape index (κ1) is 13.0. The van der Waals surface area contributed by atoms with E-state index in [0.717, 1.165) is 5.56 Å². The van der Waals surface area contributed by atoms with Crippen LogP contribution in [0.5, 0.6) is 0 Å². The summed E-state index contributed by atoms with van der Waals surface area (Å²) in [6.45, 7) is 3.16. The van der Waals surface area contributed by atoms with Gasteiger partial charge < -0.3 is 9.84 Å². The molecule has 0 bridgehead atoms. The number of aliphatic carboxylic acids is 1. The number of ether oxygens (including phenoxy) is 1. The lowest BCUT2D eigenvalue weighted by molar-refractivity contribution is -0.145. The Bertz CT molecular complexity index is 438. The zero-order valence-corrected chi connectivity index (χ0v) is 10.2. The van der Waals surface area contributed by atoms with Crippen LogP contribution in [0.3, 0.4) is 0 Å². The summed E-state index contributed by atoms with van der Waals surface area (Å²) in [5.74, 6) is -1.16. The lowest BCUT2D eigenvalue weighted by atomic mass is 10.1. The van der Waals surface area contributed by atoms with E-state index in [-0.39, 0.29) is 11.9 Å². The molecule has 1 fully saturated rings. The first-order valence-corrected chi connectivity index (χ1v) is 5.92. The Labute approximate surface area is 105 Å². The fourth-order valence-electron chi connectivity index (χ4n) is 2.09. The van der Waals surface area contributed by atoms with Crippen molar-refractivity contribution in [3.8, 4) is 0 Å². The van der Waals surface area contributed by atoms with Gasteiger partial charge in [0.05, 0.1) is 12.7 Å². The number of morpholine rings is 1. The second kappa shape index (κ2) is 5.46. The molecule has 0 amide bonds. The van der Waals surface area contributed by atoms with Gasteiger partial charge in [0.25, 0.3) is 0 Å². The molecule has 1 aliphatic rings. The van der Waals surface area contributed by atoms with Crippen molar-refractivity contribution in [1.29, 1.82) is 0 Å². The van der Waals surface area contributed by atoms with E-state index in [9.17, 15) is 9.18 Å². The molecule has 0 spiro atoms. The molecular weight excluding hydrogens is 237 g/mol. The molecule has 1 N–H and O–H groups in total. The van der Waals surface area contributed by atoms with Gasteiger partial charge in [-0.2, -0.15) is 0 Å². The van der Waals surface area contributed by atoms with E-state index < -0.39 is 12.0 Å². The second-order valence-electron chi connectivity index (χ2n) is 4.42. The largest absolute Gasteiger partial charge is 0.480 e. The maximum Gasteiger partial charge on any atom is 0.320 e. The predicted molar refractivity (Wildman–Crippen MR) is 63.8 cm³/mol. The molecule has 0 aromatic heterocycles. The SMILES string of the molecule is CC(C(=O)O)N1CCOC(c2cccc(F)c2)C1. The number of hydrogen-bond acceptors (Lipinski definition) is 3. The fourth-order valence-corrected chi connectivity index (χ4v) is 2.09. The van der Waals surface area contributed by atoms with E-state index in [1.807, 2.05) is 4.90 Å². The van der Waals surface area contributed by atoms with Crippen LogP contribution in [0.4, 0.5) is 4.39 Å². The summed E-state index contributed by atoms with van der Waals surface area (Å²) in [7, 11) is 0. The van der Waals surface area contributed by atoms with Crippen LogP contribution in [-0.2, 0) is 9.53 Å². The molecule has 2 atom stereocenters. The molecule has 1 saturated heterocycles. The average molecular weight is 253 g/mol. The van der Waals surface area contributed by atoms with Gasteiger partial charge in [-0.25, -0.2) is 4.39 Å². The molecule has 18 heavy (non-hydrogen) atoms. The Morgan fingerprint density at radius 1 is 1.61 bits per heavy atom. The van der Waals surface area contributed by atoms with Gasteiger partial charge in [-0.15, -0.1) is 0 Å². The summed E-state index contributed by atoms with van der Waals surface area (Å²) in [4.78, 5) is 12.8. The molecule has 0 saturated carbocycles. The molecule has 98 valence electrons. The van der Waals surface area contributed by atoms with Crippen LogP contribution in [0, 0.1) is 5.82 Å². The van der Waals surface area contributed by atoms with Gasteiger partial charge >= 0.3 is 5.97 Å². The molecule has 1 aromatic rings. The number of benzene rings is 1. The number of carboxylic acids is 1. The average Bonchev–Trinajstić information content (AvgIpc) is 2.38. The summed E-state index contributed by atoms with van der Waals surface area (Å²) in [5, 5.41) is 8.99. The van der Waals surface area contributed by atoms with Crippen molar-refractivity contribution in [3.63, 3.8) is 0 Å². The monoisotopic (exact) mass is 253 g/mol. The third-order valence-corrected chi connectivity index (χ3v) is 3.22. The Hall–Kier alpha value is -1.46. The zero-order chi connectivity index (χ0) is 13.1. The lowest BCUT2D eigenvalue weighted by Crippen LogP contribution is -2.46. The topological polar surface area (TPSA) is 49.8 Å². The number of carbonyl (C=O) groups is 1. The third kappa shape index (κ3) is 2.86. The maximum absolute atomic E-state index is 13.1. The van der Waals surface area contributed by atoms with Gasteiger partial charge in [-0.05, 0) is 24.6 Å². The third-order valence-electron chi connectivity index (χ3n) is 3.22. The van der Waals surface area contributed by atoms with E-state index in [1.54, 1.807) is 19.1 Å². The van der Waals surface area contributed by atoms with Crippen molar-refractivity contribution in [2.75, 3.05) is 19.7 Å². The number of halogens is 1. The molecular formula is C13H16FNO3. The van der Waals surface area contributed by atoms with E-state index in [2.05, 4.69) is 0 Å². The lowest BCUT2D eigenvalue weighted by Gasteiger charge is -2.35. The van der Waals surface area contributed by atoms with Crippen LogP contribution in [0.15, 0.2) is 24.3 Å². The molecule has 2 rings (SSSR count). The summed E-state index contributed by atoms with van der Waals surface area (Å²) < 4.78 is 18.7. The molecule has 5 heteroatoms. The predicted octanol–water partition coefficient (Wildman–Crippen LogP) is 1.67. The molecule has 1 aromatic carbocycles. The molecule has 4 nitrogen and oxygen atoms in total. The van der Waals surface area contributed by atoms with E-state index in [1.165, 1.54) is 12.1 Å². The van der Waals surface area contributed by atoms with Gasteiger partial charge in [0, 0.05) is 13.1 Å². The van der Waals surface area contributed by atoms with Crippen LogP contribution in [0.2, 0.25) is 0 Å². The van der Waals surface area contributed by atoms with Crippen LogP contribution in [-0.4, -0.2) is 41.7 Å². The van der Waals surface area contributed by atoms with Crippen LogP contribution in [0.25, 0.3) is 0 Å². The molecule has 1 heterocycles. The van der Waals surface area contributed by atoms with Gasteiger partial charge in [-0.3, -0.25) is 9.69 Å². The van der Waals surface area contributed by atoms with Crippen LogP contribution in [0.1, 0.15) is 18.6 Å². The van der Waals surface area contributed by atoms with E-state index in [0.29, 0.717) is 19.7 Å². The standard InChI is InChI=1S/C13H16FNO3/c1-9(13(16)17)15-5-6-18-12(8-15)10-3-2-4-11(14)7-10/h2-4,7,9,12H,5-6,8H2,1H3,(H,16,17). The van der Waals surface area contributed by atoms with E-state index >= 15 is 0 Å². The van der Waals surface area contributed by atoms with E-state index in [4.69, 9.17) is 9.84 Å². The summed E-state index contributed by atoms with van der Waals surface area (Å²) >= 11 is 0. The highest BCUT2D eigenvalue weighted by Crippen LogP contribution is 2.23. The minimum atomic E-state index is -0.852. The van der Waals surface area contributed by atoms with Crippen molar-refractivity contribution >= 4 is 5.97 Å². The highest BCUT2D eigenvalue weighted by Gasteiger charge is 2.28. The minimum Gasteiger partial charge on any atom is -0.480 e. The zero-order valence-electron chi connectivity index (χ0n) is 10.2. The number of nitrogens with zero attached hydrogens (tertiary/aromatic N) is 1. The quantitative estimate of drug-likeness (QED) is 0.890. The summed E-state index contributed by atoms with van der Waals surface area (Å²) in [6, 6.07) is 5.68. The first-order valence-electron chi connectivity index (χ1n) is 5.92. The summed E-state index contributed by atoms with van der Waals surface area (Å²) in [5.41, 5.74) is 0.747. The number of carboxylic acid groups (broad SMARTS) is 1. The molecule has 0 aliphatic carbocycles. The Kier molecular flexibility index (Phi) is 3.93. The molecule has 1 aliphatic heterocycles. The normalized spacial score (nSPS) is 22.7. The number of hydrogen-bond donors (Lipinski definition) is 1. The van der Waals surface area contributed by atoms with Gasteiger partial charge in [0.1, 0.15) is 11.9 Å². The van der Waals surface area contributed by atoms with Crippen LogP contribution < -0.4 is 0 Å². The van der Waals surface area contributed by atoms with Crippen molar-refractivity contribution in [2.45, 2.75) is 19.1 Å². The van der Waals surface area contributed by atoms with Crippen LogP contribution >= 0.6 is 0 Å². The van der Waals surface area contributed by atoms with Crippen molar-refractivity contribution in [1.82, 2.24) is 4.90 Å². The molecule has 0 radical (unpaired) electrons.